The van der Waals surface area contributed by atoms with Gasteiger partial charge in [0.25, 0.3) is 5.91 Å². The van der Waals surface area contributed by atoms with E-state index in [2.05, 4.69) is 45.4 Å². The summed E-state index contributed by atoms with van der Waals surface area (Å²) in [6, 6.07) is 13.0. The molecule has 3 fully saturated rings. The minimum Gasteiger partial charge on any atom is -0.383 e. The molecule has 0 aliphatic carbocycles. The van der Waals surface area contributed by atoms with E-state index in [9.17, 15) is 19.5 Å². The standard InChI is InChI=1S/C30H37N5O4/c1-20-27-23(29(38)35(20)24-8-10-26(36)32-28(24)37)7-9-25(31-27)30(39)13-17-33(18-14-30)19-21-11-15-34(16-12-21)22-5-3-2-4-6-22/h2-7,9,20-21,24,39H,8,10-19H2,1H3,(H,32,36,37)/t20-,24+/m1/s1. The first-order valence-corrected chi connectivity index (χ1v) is 14.2. The van der Waals surface area contributed by atoms with Gasteiger partial charge in [-0.15, -0.1) is 0 Å². The molecule has 0 unspecified atom stereocenters. The number of imide groups is 1. The Kier molecular flexibility index (Phi) is 6.89. The van der Waals surface area contributed by atoms with Crippen molar-refractivity contribution in [3.05, 3.63) is 59.4 Å². The van der Waals surface area contributed by atoms with Gasteiger partial charge in [-0.25, -0.2) is 0 Å². The highest BCUT2D eigenvalue weighted by Crippen LogP contribution is 2.39. The van der Waals surface area contributed by atoms with Crippen molar-refractivity contribution in [3.8, 4) is 0 Å². The predicted molar refractivity (Wildman–Crippen MR) is 146 cm³/mol. The summed E-state index contributed by atoms with van der Waals surface area (Å²) in [4.78, 5) is 48.5. The number of hydrogen-bond acceptors (Lipinski definition) is 7. The Morgan fingerprint density at radius 2 is 1.69 bits per heavy atom. The summed E-state index contributed by atoms with van der Waals surface area (Å²) in [7, 11) is 0. The van der Waals surface area contributed by atoms with Crippen LogP contribution in [0.3, 0.4) is 0 Å². The van der Waals surface area contributed by atoms with E-state index >= 15 is 0 Å². The first kappa shape index (κ1) is 26.0. The number of amides is 3. The van der Waals surface area contributed by atoms with Crippen molar-refractivity contribution in [1.29, 1.82) is 0 Å². The smallest absolute Gasteiger partial charge is 0.257 e. The van der Waals surface area contributed by atoms with Crippen molar-refractivity contribution in [1.82, 2.24) is 20.1 Å². The van der Waals surface area contributed by atoms with Crippen molar-refractivity contribution < 1.29 is 19.5 Å². The fourth-order valence-corrected chi connectivity index (χ4v) is 6.78. The second-order valence-electron chi connectivity index (χ2n) is 11.6. The molecule has 2 aromatic rings. The topological polar surface area (TPSA) is 106 Å². The third-order valence-electron chi connectivity index (χ3n) is 9.16. The third kappa shape index (κ3) is 4.94. The Morgan fingerprint density at radius 1 is 0.974 bits per heavy atom. The van der Waals surface area contributed by atoms with Crippen LogP contribution in [0, 0.1) is 5.92 Å². The van der Waals surface area contributed by atoms with Crippen LogP contribution in [0.2, 0.25) is 0 Å². The van der Waals surface area contributed by atoms with Crippen molar-refractivity contribution in [2.24, 2.45) is 5.92 Å². The average Bonchev–Trinajstić information content (AvgIpc) is 3.20. The molecule has 2 atom stereocenters. The molecule has 39 heavy (non-hydrogen) atoms. The number of hydrogen-bond donors (Lipinski definition) is 2. The lowest BCUT2D eigenvalue weighted by Crippen LogP contribution is -2.53. The molecule has 2 N–H and O–H groups in total. The minimum atomic E-state index is -1.03. The maximum Gasteiger partial charge on any atom is 0.257 e. The molecule has 0 bridgehead atoms. The van der Waals surface area contributed by atoms with Crippen LogP contribution in [0.25, 0.3) is 0 Å². The van der Waals surface area contributed by atoms with Crippen LogP contribution in [0.1, 0.15) is 73.2 Å². The Balaban J connectivity index is 1.06. The van der Waals surface area contributed by atoms with Gasteiger partial charge in [0, 0.05) is 44.8 Å². The van der Waals surface area contributed by atoms with Crippen LogP contribution in [-0.2, 0) is 15.2 Å². The fraction of sp³-hybridized carbons (Fsp3) is 0.533. The van der Waals surface area contributed by atoms with E-state index in [4.69, 9.17) is 4.98 Å². The second-order valence-corrected chi connectivity index (χ2v) is 11.6. The van der Waals surface area contributed by atoms with Crippen molar-refractivity contribution in [2.75, 3.05) is 37.6 Å². The number of rotatable bonds is 5. The summed E-state index contributed by atoms with van der Waals surface area (Å²) >= 11 is 0. The van der Waals surface area contributed by atoms with Crippen molar-refractivity contribution >= 4 is 23.4 Å². The molecule has 1 aromatic heterocycles. The molecular weight excluding hydrogens is 494 g/mol. The molecule has 6 rings (SSSR count). The molecule has 0 spiro atoms. The summed E-state index contributed by atoms with van der Waals surface area (Å²) in [6.07, 6.45) is 4.08. The lowest BCUT2D eigenvalue weighted by molar-refractivity contribution is -0.137. The molecule has 4 aliphatic rings. The Morgan fingerprint density at radius 3 is 2.38 bits per heavy atom. The highest BCUT2D eigenvalue weighted by atomic mass is 16.3. The van der Waals surface area contributed by atoms with Gasteiger partial charge >= 0.3 is 0 Å². The van der Waals surface area contributed by atoms with E-state index in [0.717, 1.165) is 32.7 Å². The van der Waals surface area contributed by atoms with Crippen LogP contribution in [0.5, 0.6) is 0 Å². The summed E-state index contributed by atoms with van der Waals surface area (Å²) in [5.41, 5.74) is 1.94. The number of fused-ring (bicyclic) bond motifs is 1. The van der Waals surface area contributed by atoms with Gasteiger partial charge in [-0.2, -0.15) is 0 Å². The fourth-order valence-electron chi connectivity index (χ4n) is 6.78. The van der Waals surface area contributed by atoms with Crippen LogP contribution < -0.4 is 10.2 Å². The largest absolute Gasteiger partial charge is 0.383 e. The number of benzene rings is 1. The number of aliphatic hydroxyl groups is 1. The molecule has 4 aliphatic heterocycles. The zero-order valence-corrected chi connectivity index (χ0v) is 22.5. The van der Waals surface area contributed by atoms with Crippen molar-refractivity contribution in [3.63, 3.8) is 0 Å². The monoisotopic (exact) mass is 531 g/mol. The van der Waals surface area contributed by atoms with Crippen LogP contribution in [0.4, 0.5) is 5.69 Å². The summed E-state index contributed by atoms with van der Waals surface area (Å²) in [5.74, 6) is -0.318. The number of para-hydroxylation sites is 1. The molecule has 5 heterocycles. The van der Waals surface area contributed by atoms with Gasteiger partial charge in [-0.1, -0.05) is 18.2 Å². The quantitative estimate of drug-likeness (QED) is 0.572. The van der Waals surface area contributed by atoms with Gasteiger partial charge in [-0.3, -0.25) is 24.7 Å². The highest BCUT2D eigenvalue weighted by Gasteiger charge is 2.45. The molecular formula is C30H37N5O4. The first-order valence-electron chi connectivity index (χ1n) is 14.2. The Labute approximate surface area is 229 Å². The summed E-state index contributed by atoms with van der Waals surface area (Å²) in [6.45, 7) is 6.70. The number of aromatic nitrogens is 1. The normalized spacial score (nSPS) is 26.1. The maximum atomic E-state index is 13.2. The van der Waals surface area contributed by atoms with E-state index < -0.39 is 23.6 Å². The molecule has 206 valence electrons. The van der Waals surface area contributed by atoms with Gasteiger partial charge in [0.2, 0.25) is 11.8 Å². The molecule has 0 saturated carbocycles. The second kappa shape index (κ2) is 10.4. The van der Waals surface area contributed by atoms with Crippen LogP contribution in [-0.4, -0.2) is 76.4 Å². The number of carbonyl (C=O) groups is 3. The lowest BCUT2D eigenvalue weighted by atomic mass is 9.86. The summed E-state index contributed by atoms with van der Waals surface area (Å²) < 4.78 is 0. The predicted octanol–water partition coefficient (Wildman–Crippen LogP) is 2.60. The molecule has 0 radical (unpaired) electrons. The van der Waals surface area contributed by atoms with Crippen molar-refractivity contribution in [2.45, 2.75) is 63.1 Å². The van der Waals surface area contributed by atoms with E-state index in [-0.39, 0.29) is 18.2 Å². The van der Waals surface area contributed by atoms with Crippen LogP contribution >= 0.6 is 0 Å². The lowest BCUT2D eigenvalue weighted by Gasteiger charge is -2.41. The SMILES string of the molecule is C[C@@H]1c2nc(C3(O)CCN(CC4CCN(c5ccccc5)CC4)CC3)ccc2C(=O)N1[C@H]1CCC(=O)NC1=O. The van der Waals surface area contributed by atoms with E-state index in [1.54, 1.807) is 17.0 Å². The molecule has 1 aromatic carbocycles. The Bertz CT molecular complexity index is 1250. The number of pyridine rings is 1. The molecule has 9 heteroatoms. The molecule has 3 saturated heterocycles. The number of nitrogens with zero attached hydrogens (tertiary/aromatic N) is 4. The van der Waals surface area contributed by atoms with Crippen LogP contribution in [0.15, 0.2) is 42.5 Å². The number of piperidine rings is 3. The first-order chi connectivity index (χ1) is 18.8. The zero-order valence-electron chi connectivity index (χ0n) is 22.5. The van der Waals surface area contributed by atoms with Gasteiger partial charge < -0.3 is 19.8 Å². The number of nitrogens with one attached hydrogen (secondary N) is 1. The zero-order chi connectivity index (χ0) is 27.1. The van der Waals surface area contributed by atoms with E-state index in [1.807, 2.05) is 6.92 Å². The number of anilines is 1. The minimum absolute atomic E-state index is 0.213. The van der Waals surface area contributed by atoms with E-state index in [0.29, 0.717) is 42.1 Å². The molecule has 3 amide bonds. The highest BCUT2D eigenvalue weighted by molar-refractivity contribution is 6.05. The van der Waals surface area contributed by atoms with Gasteiger partial charge in [0.15, 0.2) is 0 Å². The average molecular weight is 532 g/mol. The Hall–Kier alpha value is -3.30. The van der Waals surface area contributed by atoms with Gasteiger partial charge in [-0.05, 0) is 69.2 Å². The van der Waals surface area contributed by atoms with Gasteiger partial charge in [0.05, 0.1) is 23.0 Å². The third-order valence-corrected chi connectivity index (χ3v) is 9.16. The maximum absolute atomic E-state index is 13.2. The van der Waals surface area contributed by atoms with E-state index in [1.165, 1.54) is 18.5 Å². The number of likely N-dealkylation sites (tertiary alicyclic amines) is 1. The number of carbonyl (C=O) groups excluding carboxylic acids is 3. The van der Waals surface area contributed by atoms with Gasteiger partial charge in [0.1, 0.15) is 11.6 Å². The summed E-state index contributed by atoms with van der Waals surface area (Å²) in [5, 5.41) is 13.9. The molecule has 9 nitrogen and oxygen atoms in total.